The van der Waals surface area contributed by atoms with Gasteiger partial charge in [-0.25, -0.2) is 0 Å². The van der Waals surface area contributed by atoms with Crippen molar-refractivity contribution < 1.29 is 5.11 Å². The Labute approximate surface area is 101 Å². The molecule has 0 spiro atoms. The van der Waals surface area contributed by atoms with Gasteiger partial charge in [-0.3, -0.25) is 4.90 Å². The average molecular weight is 227 g/mol. The van der Waals surface area contributed by atoms with E-state index in [4.69, 9.17) is 0 Å². The summed E-state index contributed by atoms with van der Waals surface area (Å²) in [6.07, 6.45) is 2.92. The molecule has 0 bridgehead atoms. The van der Waals surface area contributed by atoms with Gasteiger partial charge in [0.15, 0.2) is 0 Å². The van der Waals surface area contributed by atoms with Gasteiger partial charge in [-0.05, 0) is 52.0 Å². The Bertz CT molecular complexity index is 229. The summed E-state index contributed by atoms with van der Waals surface area (Å²) in [5.74, 6) is 0. The van der Waals surface area contributed by atoms with Crippen LogP contribution in [-0.4, -0.2) is 34.2 Å². The molecule has 0 heterocycles. The van der Waals surface area contributed by atoms with E-state index >= 15 is 0 Å². The second-order valence-corrected chi connectivity index (χ2v) is 6.89. The molecule has 1 fully saturated rings. The molecule has 1 N–H and O–H groups in total. The van der Waals surface area contributed by atoms with Gasteiger partial charge < -0.3 is 5.11 Å². The van der Waals surface area contributed by atoms with Gasteiger partial charge in [-0.1, -0.05) is 20.8 Å². The van der Waals surface area contributed by atoms with Crippen molar-refractivity contribution in [1.82, 2.24) is 4.90 Å². The summed E-state index contributed by atoms with van der Waals surface area (Å²) in [5, 5.41) is 9.90. The summed E-state index contributed by atoms with van der Waals surface area (Å²) in [4.78, 5) is 2.55. The van der Waals surface area contributed by atoms with E-state index in [9.17, 15) is 5.11 Å². The van der Waals surface area contributed by atoms with Gasteiger partial charge in [-0.2, -0.15) is 0 Å². The molecular weight excluding hydrogens is 198 g/mol. The van der Waals surface area contributed by atoms with Gasteiger partial charge in [-0.15, -0.1) is 0 Å². The second-order valence-electron chi connectivity index (χ2n) is 6.89. The molecule has 0 radical (unpaired) electrons. The molecule has 1 saturated carbocycles. The maximum Gasteiger partial charge on any atom is 0.0555 e. The Balaban J connectivity index is 2.89. The topological polar surface area (TPSA) is 23.5 Å². The molecule has 16 heavy (non-hydrogen) atoms. The van der Waals surface area contributed by atoms with Crippen molar-refractivity contribution in [2.24, 2.45) is 5.41 Å². The third-order valence-electron chi connectivity index (χ3n) is 4.10. The fourth-order valence-electron chi connectivity index (χ4n) is 3.11. The highest BCUT2D eigenvalue weighted by atomic mass is 16.3. The van der Waals surface area contributed by atoms with Crippen molar-refractivity contribution in [2.45, 2.75) is 78.5 Å². The maximum absolute atomic E-state index is 9.90. The van der Waals surface area contributed by atoms with Crippen molar-refractivity contribution in [1.29, 1.82) is 0 Å². The largest absolute Gasteiger partial charge is 0.393 e. The fourth-order valence-corrected chi connectivity index (χ4v) is 3.11. The zero-order chi connectivity index (χ0) is 12.6. The van der Waals surface area contributed by atoms with E-state index in [1.807, 2.05) is 0 Å². The van der Waals surface area contributed by atoms with Crippen LogP contribution in [0.5, 0.6) is 0 Å². The van der Waals surface area contributed by atoms with Gasteiger partial charge in [0.05, 0.1) is 6.10 Å². The summed E-state index contributed by atoms with van der Waals surface area (Å²) in [7, 11) is 0. The van der Waals surface area contributed by atoms with E-state index in [-0.39, 0.29) is 11.6 Å². The third kappa shape index (κ3) is 2.98. The van der Waals surface area contributed by atoms with E-state index in [1.165, 1.54) is 0 Å². The summed E-state index contributed by atoms with van der Waals surface area (Å²) in [6.45, 7) is 14.8. The van der Waals surface area contributed by atoms with Crippen LogP contribution in [0.4, 0.5) is 0 Å². The molecule has 1 aliphatic carbocycles. The van der Waals surface area contributed by atoms with Gasteiger partial charge >= 0.3 is 0 Å². The molecule has 1 rings (SSSR count). The maximum atomic E-state index is 9.90. The molecule has 2 nitrogen and oxygen atoms in total. The highest BCUT2D eigenvalue weighted by Crippen LogP contribution is 2.40. The van der Waals surface area contributed by atoms with Crippen molar-refractivity contribution in [3.05, 3.63) is 0 Å². The monoisotopic (exact) mass is 227 g/mol. The summed E-state index contributed by atoms with van der Waals surface area (Å²) in [5.41, 5.74) is 0.510. The number of rotatable bonds is 2. The molecule has 0 aromatic rings. The van der Waals surface area contributed by atoms with Crippen LogP contribution >= 0.6 is 0 Å². The minimum Gasteiger partial charge on any atom is -0.393 e. The highest BCUT2D eigenvalue weighted by molar-refractivity contribution is 4.95. The smallest absolute Gasteiger partial charge is 0.0555 e. The Morgan fingerprint density at radius 2 is 1.88 bits per heavy atom. The predicted molar refractivity (Wildman–Crippen MR) is 69.6 cm³/mol. The summed E-state index contributed by atoms with van der Waals surface area (Å²) < 4.78 is 0. The van der Waals surface area contributed by atoms with Crippen LogP contribution in [0, 0.1) is 5.41 Å². The van der Waals surface area contributed by atoms with Gasteiger partial charge in [0.1, 0.15) is 0 Å². The standard InChI is InChI=1S/C14H29NO/c1-7-15(13(2,3)4)12-10-11(16)8-9-14(12,5)6/h11-12,16H,7-10H2,1-6H3. The van der Waals surface area contributed by atoms with Crippen LogP contribution in [-0.2, 0) is 0 Å². The van der Waals surface area contributed by atoms with Crippen LogP contribution in [0.25, 0.3) is 0 Å². The lowest BCUT2D eigenvalue weighted by Gasteiger charge is -2.51. The van der Waals surface area contributed by atoms with E-state index in [2.05, 4.69) is 46.4 Å². The van der Waals surface area contributed by atoms with Gasteiger partial charge in [0.25, 0.3) is 0 Å². The Morgan fingerprint density at radius 1 is 1.31 bits per heavy atom. The number of hydrogen-bond donors (Lipinski definition) is 1. The number of hydrogen-bond acceptors (Lipinski definition) is 2. The van der Waals surface area contributed by atoms with Crippen LogP contribution < -0.4 is 0 Å². The first-order valence-corrected chi connectivity index (χ1v) is 6.63. The molecule has 0 saturated heterocycles. The number of nitrogens with zero attached hydrogens (tertiary/aromatic N) is 1. The van der Waals surface area contributed by atoms with Crippen LogP contribution in [0.15, 0.2) is 0 Å². The van der Waals surface area contributed by atoms with Crippen LogP contribution in [0.3, 0.4) is 0 Å². The number of aliphatic hydroxyl groups excluding tert-OH is 1. The molecule has 0 aromatic heterocycles. The Kier molecular flexibility index (Phi) is 4.07. The lowest BCUT2D eigenvalue weighted by Crippen LogP contribution is -2.56. The highest BCUT2D eigenvalue weighted by Gasteiger charge is 2.41. The molecule has 2 unspecified atom stereocenters. The van der Waals surface area contributed by atoms with Crippen LogP contribution in [0.1, 0.15) is 60.8 Å². The summed E-state index contributed by atoms with van der Waals surface area (Å²) in [6, 6.07) is 0.501. The first kappa shape index (κ1) is 14.0. The Hall–Kier alpha value is -0.0800. The number of aliphatic hydroxyl groups is 1. The zero-order valence-electron chi connectivity index (χ0n) is 11.9. The SMILES string of the molecule is CCN(C1CC(O)CCC1(C)C)C(C)(C)C. The van der Waals surface area contributed by atoms with E-state index in [1.54, 1.807) is 0 Å². The van der Waals surface area contributed by atoms with Gasteiger partial charge in [0, 0.05) is 11.6 Å². The van der Waals surface area contributed by atoms with Crippen molar-refractivity contribution >= 4 is 0 Å². The van der Waals surface area contributed by atoms with E-state index < -0.39 is 0 Å². The Morgan fingerprint density at radius 3 is 2.31 bits per heavy atom. The molecule has 2 atom stereocenters. The quantitative estimate of drug-likeness (QED) is 0.784. The molecule has 0 aromatic carbocycles. The van der Waals surface area contributed by atoms with Crippen molar-refractivity contribution in [3.63, 3.8) is 0 Å². The lowest BCUT2D eigenvalue weighted by molar-refractivity contribution is -0.0451. The molecule has 1 aliphatic rings. The zero-order valence-corrected chi connectivity index (χ0v) is 11.9. The molecule has 0 amide bonds. The second kappa shape index (κ2) is 4.66. The first-order valence-electron chi connectivity index (χ1n) is 6.63. The molecule has 96 valence electrons. The summed E-state index contributed by atoms with van der Waals surface area (Å²) >= 11 is 0. The predicted octanol–water partition coefficient (Wildman–Crippen LogP) is 3.05. The van der Waals surface area contributed by atoms with Crippen LogP contribution in [0.2, 0.25) is 0 Å². The van der Waals surface area contributed by atoms with E-state index in [0.29, 0.717) is 11.5 Å². The molecule has 0 aliphatic heterocycles. The lowest BCUT2D eigenvalue weighted by atomic mass is 9.70. The molecular formula is C14H29NO. The minimum absolute atomic E-state index is 0.102. The average Bonchev–Trinajstić information content (AvgIpc) is 2.10. The minimum atomic E-state index is -0.102. The molecule has 2 heteroatoms. The van der Waals surface area contributed by atoms with Crippen molar-refractivity contribution in [2.75, 3.05) is 6.54 Å². The first-order chi connectivity index (χ1) is 7.18. The van der Waals surface area contributed by atoms with Gasteiger partial charge in [0.2, 0.25) is 0 Å². The normalized spacial score (nSPS) is 30.8. The van der Waals surface area contributed by atoms with Crippen molar-refractivity contribution in [3.8, 4) is 0 Å². The third-order valence-corrected chi connectivity index (χ3v) is 4.10. The fraction of sp³-hybridized carbons (Fsp3) is 1.00. The van der Waals surface area contributed by atoms with E-state index in [0.717, 1.165) is 25.8 Å².